The van der Waals surface area contributed by atoms with Gasteiger partial charge in [0, 0.05) is 36.5 Å². The quantitative estimate of drug-likeness (QED) is 0.418. The number of amides is 1. The molecule has 1 aromatic heterocycles. The second-order valence-electron chi connectivity index (χ2n) is 8.89. The largest absolute Gasteiger partial charge is 0.469 e. The van der Waals surface area contributed by atoms with Crippen LogP contribution in [0, 0.1) is 18.8 Å². The summed E-state index contributed by atoms with van der Waals surface area (Å²) in [5, 5.41) is 0.864. The van der Waals surface area contributed by atoms with E-state index < -0.39 is 5.63 Å². The van der Waals surface area contributed by atoms with Gasteiger partial charge in [-0.05, 0) is 55.4 Å². The van der Waals surface area contributed by atoms with Crippen molar-refractivity contribution in [1.82, 2.24) is 4.90 Å². The number of hydrogen-bond donors (Lipinski definition) is 0. The van der Waals surface area contributed by atoms with Crippen molar-refractivity contribution >= 4 is 22.8 Å². The van der Waals surface area contributed by atoms with Crippen molar-refractivity contribution in [2.75, 3.05) is 14.2 Å². The van der Waals surface area contributed by atoms with E-state index in [1.807, 2.05) is 49.4 Å². The van der Waals surface area contributed by atoms with Crippen molar-refractivity contribution in [3.05, 3.63) is 70.1 Å². The third-order valence-corrected chi connectivity index (χ3v) is 6.65. The fourth-order valence-electron chi connectivity index (χ4n) is 4.81. The summed E-state index contributed by atoms with van der Waals surface area (Å²) >= 11 is 0. The Morgan fingerprint density at radius 1 is 1.00 bits per heavy atom. The summed E-state index contributed by atoms with van der Waals surface area (Å²) in [6.45, 7) is 2.44. The van der Waals surface area contributed by atoms with E-state index >= 15 is 0 Å². The van der Waals surface area contributed by atoms with E-state index in [0.717, 1.165) is 27.6 Å². The molecule has 0 bridgehead atoms. The summed E-state index contributed by atoms with van der Waals surface area (Å²) in [4.78, 5) is 38.7. The second-order valence-corrected chi connectivity index (χ2v) is 8.89. The minimum atomic E-state index is -0.398. The molecule has 0 aliphatic heterocycles. The zero-order chi connectivity index (χ0) is 23.5. The Hall–Kier alpha value is -3.41. The fraction of sp³-hybridized carbons (Fsp3) is 0.370. The van der Waals surface area contributed by atoms with E-state index in [0.29, 0.717) is 37.8 Å². The van der Waals surface area contributed by atoms with Gasteiger partial charge in [-0.25, -0.2) is 4.79 Å². The van der Waals surface area contributed by atoms with Crippen LogP contribution in [0.3, 0.4) is 0 Å². The first kappa shape index (κ1) is 22.8. The molecule has 4 rings (SSSR count). The number of nitrogens with zero attached hydrogens (tertiary/aromatic N) is 1. The predicted octanol–water partition coefficient (Wildman–Crippen LogP) is 4.71. The maximum Gasteiger partial charge on any atom is 0.336 e. The number of fused-ring (bicyclic) bond motifs is 1. The number of carbonyl (C=O) groups excluding carboxylic acids is 2. The van der Waals surface area contributed by atoms with Gasteiger partial charge >= 0.3 is 11.6 Å². The lowest BCUT2D eigenvalue weighted by Crippen LogP contribution is -2.35. The SMILES string of the molecule is COC(=O)C1CCC(C(=O)N(C)Cc2ccc3c(-c4ccccc4C)cc(=O)oc3c2)CC1. The predicted molar refractivity (Wildman–Crippen MR) is 127 cm³/mol. The van der Waals surface area contributed by atoms with Gasteiger partial charge in [0.25, 0.3) is 0 Å². The summed E-state index contributed by atoms with van der Waals surface area (Å²) in [5.41, 5.74) is 3.94. The Kier molecular flexibility index (Phi) is 6.63. The topological polar surface area (TPSA) is 76.8 Å². The number of aryl methyl sites for hydroxylation is 1. The van der Waals surface area contributed by atoms with Gasteiger partial charge in [-0.3, -0.25) is 9.59 Å². The molecule has 0 spiro atoms. The van der Waals surface area contributed by atoms with Gasteiger partial charge in [-0.2, -0.15) is 0 Å². The van der Waals surface area contributed by atoms with Crippen LogP contribution in [0.2, 0.25) is 0 Å². The van der Waals surface area contributed by atoms with Crippen molar-refractivity contribution in [2.24, 2.45) is 11.8 Å². The number of rotatable bonds is 5. The van der Waals surface area contributed by atoms with Gasteiger partial charge in [0.15, 0.2) is 0 Å². The van der Waals surface area contributed by atoms with E-state index in [4.69, 9.17) is 9.15 Å². The highest BCUT2D eigenvalue weighted by atomic mass is 16.5. The van der Waals surface area contributed by atoms with E-state index in [9.17, 15) is 14.4 Å². The minimum absolute atomic E-state index is 0.0773. The number of ether oxygens (including phenoxy) is 1. The average molecular weight is 448 g/mol. The highest BCUT2D eigenvalue weighted by molar-refractivity contribution is 5.94. The Morgan fingerprint density at radius 2 is 1.70 bits per heavy atom. The molecule has 1 saturated carbocycles. The molecule has 33 heavy (non-hydrogen) atoms. The highest BCUT2D eigenvalue weighted by Crippen LogP contribution is 2.32. The van der Waals surface area contributed by atoms with Gasteiger partial charge < -0.3 is 14.1 Å². The Bertz CT molecular complexity index is 1240. The fourth-order valence-corrected chi connectivity index (χ4v) is 4.81. The first-order valence-corrected chi connectivity index (χ1v) is 11.3. The molecule has 1 heterocycles. The molecule has 1 fully saturated rings. The average Bonchev–Trinajstić information content (AvgIpc) is 2.82. The third-order valence-electron chi connectivity index (χ3n) is 6.65. The standard InChI is InChI=1S/C27H29NO5/c1-17-6-4-5-7-21(17)23-15-25(29)33-24-14-18(8-13-22(23)24)16-28(2)26(30)19-9-11-20(12-10-19)27(31)32-3/h4-8,13-15,19-20H,9-12,16H2,1-3H3. The second kappa shape index (κ2) is 9.61. The molecule has 6 nitrogen and oxygen atoms in total. The zero-order valence-electron chi connectivity index (χ0n) is 19.3. The first-order chi connectivity index (χ1) is 15.9. The molecule has 172 valence electrons. The Morgan fingerprint density at radius 3 is 2.39 bits per heavy atom. The molecule has 0 N–H and O–H groups in total. The van der Waals surface area contributed by atoms with Crippen molar-refractivity contribution in [1.29, 1.82) is 0 Å². The van der Waals surface area contributed by atoms with Crippen LogP contribution in [0.25, 0.3) is 22.1 Å². The molecule has 3 aromatic rings. The smallest absolute Gasteiger partial charge is 0.336 e. The molecule has 0 saturated heterocycles. The van der Waals surface area contributed by atoms with Gasteiger partial charge in [0.2, 0.25) is 5.91 Å². The van der Waals surface area contributed by atoms with Crippen LogP contribution in [0.5, 0.6) is 0 Å². The molecule has 1 aliphatic rings. The lowest BCUT2D eigenvalue weighted by molar-refractivity contribution is -0.148. The normalized spacial score (nSPS) is 18.2. The number of carbonyl (C=O) groups is 2. The molecular weight excluding hydrogens is 418 g/mol. The van der Waals surface area contributed by atoms with Crippen molar-refractivity contribution in [3.63, 3.8) is 0 Å². The molecule has 2 aromatic carbocycles. The molecule has 6 heteroatoms. The monoisotopic (exact) mass is 447 g/mol. The van der Waals surface area contributed by atoms with Gasteiger partial charge in [0.05, 0.1) is 13.0 Å². The number of hydrogen-bond acceptors (Lipinski definition) is 5. The van der Waals surface area contributed by atoms with Gasteiger partial charge in [-0.15, -0.1) is 0 Å². The van der Waals surface area contributed by atoms with Crippen LogP contribution in [0.15, 0.2) is 57.7 Å². The molecular formula is C27H29NO5. The summed E-state index contributed by atoms with van der Waals surface area (Å²) in [6, 6.07) is 15.2. The molecule has 0 atom stereocenters. The molecule has 0 radical (unpaired) electrons. The number of esters is 1. The zero-order valence-corrected chi connectivity index (χ0v) is 19.3. The Balaban J connectivity index is 1.51. The lowest BCUT2D eigenvalue weighted by atomic mass is 9.81. The maximum absolute atomic E-state index is 13.0. The van der Waals surface area contributed by atoms with Crippen LogP contribution in [-0.4, -0.2) is 30.9 Å². The highest BCUT2D eigenvalue weighted by Gasteiger charge is 2.31. The van der Waals surface area contributed by atoms with Crippen LogP contribution < -0.4 is 5.63 Å². The maximum atomic E-state index is 13.0. The minimum Gasteiger partial charge on any atom is -0.469 e. The summed E-state index contributed by atoms with van der Waals surface area (Å²) < 4.78 is 10.3. The number of benzene rings is 2. The summed E-state index contributed by atoms with van der Waals surface area (Å²) in [6.07, 6.45) is 2.74. The van der Waals surface area contributed by atoms with E-state index in [-0.39, 0.29) is 23.7 Å². The summed E-state index contributed by atoms with van der Waals surface area (Å²) in [7, 11) is 3.20. The van der Waals surface area contributed by atoms with Crippen LogP contribution in [0.4, 0.5) is 0 Å². The third kappa shape index (κ3) is 4.85. The van der Waals surface area contributed by atoms with E-state index in [1.54, 1.807) is 11.9 Å². The van der Waals surface area contributed by atoms with Gasteiger partial charge in [-0.1, -0.05) is 36.4 Å². The molecule has 1 amide bonds. The van der Waals surface area contributed by atoms with E-state index in [2.05, 4.69) is 0 Å². The van der Waals surface area contributed by atoms with Crippen LogP contribution in [-0.2, 0) is 20.9 Å². The van der Waals surface area contributed by atoms with Crippen molar-refractivity contribution < 1.29 is 18.7 Å². The molecule has 0 unspecified atom stereocenters. The van der Waals surface area contributed by atoms with Crippen molar-refractivity contribution in [2.45, 2.75) is 39.2 Å². The van der Waals surface area contributed by atoms with Crippen LogP contribution in [0.1, 0.15) is 36.8 Å². The van der Waals surface area contributed by atoms with E-state index in [1.165, 1.54) is 13.2 Å². The lowest BCUT2D eigenvalue weighted by Gasteiger charge is -2.29. The van der Waals surface area contributed by atoms with Gasteiger partial charge in [0.1, 0.15) is 5.58 Å². The summed E-state index contributed by atoms with van der Waals surface area (Å²) in [5.74, 6) is -0.289. The van der Waals surface area contributed by atoms with Crippen LogP contribution >= 0.6 is 0 Å². The first-order valence-electron chi connectivity index (χ1n) is 11.3. The number of methoxy groups -OCH3 is 1. The molecule has 1 aliphatic carbocycles. The Labute approximate surface area is 193 Å². The van der Waals surface area contributed by atoms with Crippen molar-refractivity contribution in [3.8, 4) is 11.1 Å².